The van der Waals surface area contributed by atoms with Gasteiger partial charge in [0.2, 0.25) is 0 Å². The average Bonchev–Trinajstić information content (AvgIpc) is 2.80. The first kappa shape index (κ1) is 12.9. The van der Waals surface area contributed by atoms with Gasteiger partial charge in [-0.3, -0.25) is 4.98 Å². The molecule has 2 aromatic carbocycles. The van der Waals surface area contributed by atoms with Gasteiger partial charge in [-0.1, -0.05) is 23.7 Å². The lowest BCUT2D eigenvalue weighted by molar-refractivity contribution is 0.220. The molecule has 0 fully saturated rings. The summed E-state index contributed by atoms with van der Waals surface area (Å²) in [6.45, 7) is 0. The number of H-pyrrole nitrogens is 1. The molecule has 0 aliphatic carbocycles. The van der Waals surface area contributed by atoms with E-state index < -0.39 is 17.7 Å². The molecule has 2 N–H and O–H groups in total. The van der Waals surface area contributed by atoms with Crippen molar-refractivity contribution >= 4 is 22.7 Å². The van der Waals surface area contributed by atoms with E-state index in [2.05, 4.69) is 4.98 Å². The van der Waals surface area contributed by atoms with E-state index in [-0.39, 0.29) is 5.02 Å². The molecule has 4 nitrogen and oxygen atoms in total. The quantitative estimate of drug-likeness (QED) is 0.763. The Hall–Kier alpha value is -2.11. The second kappa shape index (κ2) is 4.77. The second-order valence-corrected chi connectivity index (χ2v) is 4.75. The number of nitrogens with one attached hydrogen (secondary N) is 1. The Labute approximate surface area is 117 Å². The zero-order valence-electron chi connectivity index (χ0n) is 10.1. The number of aliphatic hydroxyl groups is 1. The third-order valence-corrected chi connectivity index (χ3v) is 3.33. The van der Waals surface area contributed by atoms with Gasteiger partial charge in [-0.15, -0.1) is 0 Å². The minimum atomic E-state index is -1.04. The van der Waals surface area contributed by atoms with Crippen molar-refractivity contribution in [2.24, 2.45) is 0 Å². The van der Waals surface area contributed by atoms with Crippen LogP contribution in [0.4, 0.5) is 4.39 Å². The van der Waals surface area contributed by atoms with Crippen LogP contribution in [0.3, 0.4) is 0 Å². The van der Waals surface area contributed by atoms with E-state index in [0.717, 1.165) is 0 Å². The van der Waals surface area contributed by atoms with Crippen molar-refractivity contribution in [2.75, 3.05) is 0 Å². The van der Waals surface area contributed by atoms with Gasteiger partial charge in [-0.2, -0.15) is 0 Å². The molecule has 6 heteroatoms. The summed E-state index contributed by atoms with van der Waals surface area (Å²) in [5.74, 6) is -1.17. The number of benzene rings is 2. The molecular weight excluding hydrogens is 285 g/mol. The predicted octanol–water partition coefficient (Wildman–Crippen LogP) is 3.00. The van der Waals surface area contributed by atoms with Crippen LogP contribution >= 0.6 is 11.6 Å². The van der Waals surface area contributed by atoms with Crippen LogP contribution in [0.25, 0.3) is 11.1 Å². The van der Waals surface area contributed by atoms with E-state index in [1.807, 2.05) is 0 Å². The normalized spacial score (nSPS) is 12.8. The monoisotopic (exact) mass is 293 g/mol. The van der Waals surface area contributed by atoms with Crippen molar-refractivity contribution in [3.05, 3.63) is 68.9 Å². The molecule has 102 valence electrons. The van der Waals surface area contributed by atoms with Gasteiger partial charge in [-0.25, -0.2) is 9.18 Å². The zero-order chi connectivity index (χ0) is 14.3. The Kier molecular flexibility index (Phi) is 3.08. The Bertz CT molecular complexity index is 840. The van der Waals surface area contributed by atoms with Crippen LogP contribution in [0.5, 0.6) is 0 Å². The summed E-state index contributed by atoms with van der Waals surface area (Å²) in [6.07, 6.45) is -1.04. The maximum absolute atomic E-state index is 13.4. The summed E-state index contributed by atoms with van der Waals surface area (Å²) in [5, 5.41) is 10.2. The van der Waals surface area contributed by atoms with Crippen LogP contribution in [0.15, 0.2) is 45.6 Å². The van der Waals surface area contributed by atoms with Gasteiger partial charge < -0.3 is 9.52 Å². The fourth-order valence-corrected chi connectivity index (χ4v) is 2.12. The van der Waals surface area contributed by atoms with E-state index in [1.54, 1.807) is 12.1 Å². The van der Waals surface area contributed by atoms with Crippen molar-refractivity contribution in [1.29, 1.82) is 0 Å². The van der Waals surface area contributed by atoms with Crippen LogP contribution in [0.2, 0.25) is 5.02 Å². The number of fused-ring (bicyclic) bond motifs is 1. The third kappa shape index (κ3) is 2.21. The summed E-state index contributed by atoms with van der Waals surface area (Å²) >= 11 is 5.60. The summed E-state index contributed by atoms with van der Waals surface area (Å²) in [4.78, 5) is 13.6. The minimum absolute atomic E-state index is 0.00645. The largest absolute Gasteiger partial charge is 0.417 e. The van der Waals surface area contributed by atoms with Crippen LogP contribution < -0.4 is 5.76 Å². The first-order valence-corrected chi connectivity index (χ1v) is 6.18. The van der Waals surface area contributed by atoms with Gasteiger partial charge in [0.25, 0.3) is 0 Å². The molecule has 0 amide bonds. The van der Waals surface area contributed by atoms with Gasteiger partial charge in [0.15, 0.2) is 5.58 Å². The molecule has 0 saturated heterocycles. The SMILES string of the molecule is O=c1[nH]c2ccc(C(O)c3ccc(Cl)c(F)c3)cc2o1. The maximum Gasteiger partial charge on any atom is 0.417 e. The Balaban J connectivity index is 2.04. The van der Waals surface area contributed by atoms with E-state index in [4.69, 9.17) is 16.0 Å². The van der Waals surface area contributed by atoms with E-state index in [1.165, 1.54) is 24.3 Å². The van der Waals surface area contributed by atoms with Crippen molar-refractivity contribution < 1.29 is 13.9 Å². The number of halogens is 2. The smallest absolute Gasteiger partial charge is 0.408 e. The Morgan fingerprint density at radius 1 is 1.20 bits per heavy atom. The number of aromatic nitrogens is 1. The Morgan fingerprint density at radius 2 is 1.90 bits per heavy atom. The number of aliphatic hydroxyl groups excluding tert-OH is 1. The maximum atomic E-state index is 13.4. The highest BCUT2D eigenvalue weighted by molar-refractivity contribution is 6.30. The molecule has 1 atom stereocenters. The minimum Gasteiger partial charge on any atom is -0.408 e. The van der Waals surface area contributed by atoms with E-state index in [9.17, 15) is 14.3 Å². The number of hydrogen-bond acceptors (Lipinski definition) is 3. The van der Waals surface area contributed by atoms with Gasteiger partial charge in [-0.05, 0) is 35.4 Å². The fraction of sp³-hybridized carbons (Fsp3) is 0.0714. The van der Waals surface area contributed by atoms with Crippen LogP contribution in [0.1, 0.15) is 17.2 Å². The molecule has 0 aliphatic rings. The second-order valence-electron chi connectivity index (χ2n) is 4.35. The first-order valence-electron chi connectivity index (χ1n) is 5.80. The van der Waals surface area contributed by atoms with Gasteiger partial charge >= 0.3 is 5.76 Å². The summed E-state index contributed by atoms with van der Waals surface area (Å²) in [7, 11) is 0. The van der Waals surface area contributed by atoms with E-state index >= 15 is 0 Å². The van der Waals surface area contributed by atoms with Gasteiger partial charge in [0.1, 0.15) is 11.9 Å². The predicted molar refractivity (Wildman–Crippen MR) is 72.3 cm³/mol. The van der Waals surface area contributed by atoms with Gasteiger partial charge in [0.05, 0.1) is 10.5 Å². The number of rotatable bonds is 2. The highest BCUT2D eigenvalue weighted by Crippen LogP contribution is 2.27. The molecule has 1 heterocycles. The number of hydrogen-bond donors (Lipinski definition) is 2. The zero-order valence-corrected chi connectivity index (χ0v) is 10.8. The fourth-order valence-electron chi connectivity index (χ4n) is 2.01. The molecule has 20 heavy (non-hydrogen) atoms. The molecule has 0 saturated carbocycles. The lowest BCUT2D eigenvalue weighted by Gasteiger charge is -2.11. The van der Waals surface area contributed by atoms with Gasteiger partial charge in [0, 0.05) is 0 Å². The highest BCUT2D eigenvalue weighted by Gasteiger charge is 2.14. The highest BCUT2D eigenvalue weighted by atomic mass is 35.5. The van der Waals surface area contributed by atoms with Crippen molar-refractivity contribution in [3.8, 4) is 0 Å². The van der Waals surface area contributed by atoms with Crippen LogP contribution in [0, 0.1) is 5.82 Å². The Morgan fingerprint density at radius 3 is 2.65 bits per heavy atom. The lowest BCUT2D eigenvalue weighted by Crippen LogP contribution is -2.00. The molecular formula is C14H9ClFNO3. The first-order chi connectivity index (χ1) is 9.54. The summed E-state index contributed by atoms with van der Waals surface area (Å²) in [5.41, 5.74) is 1.72. The van der Waals surface area contributed by atoms with Crippen molar-refractivity contribution in [1.82, 2.24) is 4.98 Å². The molecule has 0 bridgehead atoms. The number of aromatic amines is 1. The summed E-state index contributed by atoms with van der Waals surface area (Å²) < 4.78 is 18.3. The molecule has 0 radical (unpaired) electrons. The summed E-state index contributed by atoms with van der Waals surface area (Å²) in [6, 6.07) is 8.86. The lowest BCUT2D eigenvalue weighted by atomic mass is 10.0. The van der Waals surface area contributed by atoms with Crippen LogP contribution in [-0.2, 0) is 0 Å². The van der Waals surface area contributed by atoms with Crippen LogP contribution in [-0.4, -0.2) is 10.1 Å². The van der Waals surface area contributed by atoms with Crippen molar-refractivity contribution in [2.45, 2.75) is 6.10 Å². The molecule has 0 spiro atoms. The molecule has 1 aromatic heterocycles. The standard InChI is InChI=1S/C14H9ClFNO3/c15-9-3-1-7(5-10(9)16)13(18)8-2-4-11-12(6-8)20-14(19)17-11/h1-6,13,18H,(H,17,19). The van der Waals surface area contributed by atoms with Crippen molar-refractivity contribution in [3.63, 3.8) is 0 Å². The molecule has 1 unspecified atom stereocenters. The molecule has 3 rings (SSSR count). The molecule has 3 aromatic rings. The third-order valence-electron chi connectivity index (χ3n) is 3.02. The topological polar surface area (TPSA) is 66.2 Å². The average molecular weight is 294 g/mol. The van der Waals surface area contributed by atoms with E-state index in [0.29, 0.717) is 22.2 Å². The number of oxazole rings is 1. The molecule has 0 aliphatic heterocycles.